The Labute approximate surface area is 193 Å². The first-order valence-corrected chi connectivity index (χ1v) is 10.2. The van der Waals surface area contributed by atoms with Crippen LogP contribution in [-0.2, 0) is 5.41 Å². The van der Waals surface area contributed by atoms with E-state index in [2.05, 4.69) is 20.4 Å². The summed E-state index contributed by atoms with van der Waals surface area (Å²) in [5.74, 6) is 0.246. The Bertz CT molecular complexity index is 1130. The van der Waals surface area contributed by atoms with Gasteiger partial charge in [0.1, 0.15) is 22.3 Å². The first-order valence-electron chi connectivity index (χ1n) is 9.78. The number of nitrogens with zero attached hydrogens (tertiary/aromatic N) is 1. The molecule has 10 heteroatoms. The largest absolute Gasteiger partial charge is 0.573 e. The number of pyridine rings is 1. The van der Waals surface area contributed by atoms with E-state index in [9.17, 15) is 18.0 Å². The summed E-state index contributed by atoms with van der Waals surface area (Å²) in [5.41, 5.74) is 1.23. The summed E-state index contributed by atoms with van der Waals surface area (Å²) in [4.78, 5) is 16.6. The van der Waals surface area contributed by atoms with Crippen molar-refractivity contribution in [1.82, 2.24) is 4.98 Å². The van der Waals surface area contributed by atoms with Gasteiger partial charge in [0.2, 0.25) is 5.88 Å². The fourth-order valence-electron chi connectivity index (χ4n) is 2.89. The van der Waals surface area contributed by atoms with Crippen molar-refractivity contribution in [2.75, 3.05) is 10.6 Å². The maximum absolute atomic E-state index is 12.5. The van der Waals surface area contributed by atoms with Gasteiger partial charge in [-0.3, -0.25) is 0 Å². The van der Waals surface area contributed by atoms with Crippen molar-refractivity contribution in [3.8, 4) is 17.4 Å². The molecule has 3 aromatic rings. The Balaban J connectivity index is 1.75. The normalized spacial score (nSPS) is 11.6. The average Bonchev–Trinajstić information content (AvgIpc) is 2.70. The number of nitrogens with one attached hydrogen (secondary N) is 2. The van der Waals surface area contributed by atoms with Crippen LogP contribution in [0.15, 0.2) is 60.7 Å². The smallest absolute Gasteiger partial charge is 0.437 e. The van der Waals surface area contributed by atoms with E-state index >= 15 is 0 Å². The lowest BCUT2D eigenvalue weighted by Crippen LogP contribution is -2.20. The molecular weight excluding hydrogens is 459 g/mol. The highest BCUT2D eigenvalue weighted by atomic mass is 35.5. The monoisotopic (exact) mass is 479 g/mol. The van der Waals surface area contributed by atoms with Gasteiger partial charge >= 0.3 is 12.4 Å². The van der Waals surface area contributed by atoms with E-state index in [-0.39, 0.29) is 27.8 Å². The van der Waals surface area contributed by atoms with Crippen LogP contribution in [0.1, 0.15) is 26.3 Å². The zero-order valence-electron chi connectivity index (χ0n) is 18.0. The fraction of sp³-hybridized carbons (Fsp3) is 0.217. The van der Waals surface area contributed by atoms with Crippen molar-refractivity contribution >= 4 is 29.0 Å². The number of urea groups is 1. The van der Waals surface area contributed by atoms with Crippen LogP contribution < -0.4 is 20.1 Å². The second-order valence-electron chi connectivity index (χ2n) is 7.99. The lowest BCUT2D eigenvalue weighted by Gasteiger charge is -2.22. The van der Waals surface area contributed by atoms with Crippen molar-refractivity contribution in [1.29, 1.82) is 0 Å². The number of alkyl halides is 3. The molecule has 3 rings (SSSR count). The van der Waals surface area contributed by atoms with Gasteiger partial charge in [0.05, 0.1) is 0 Å². The molecular formula is C23H21ClF3N3O3. The average molecular weight is 480 g/mol. The number of anilines is 2. The highest BCUT2D eigenvalue weighted by molar-refractivity contribution is 6.29. The molecule has 1 aromatic heterocycles. The molecule has 0 saturated heterocycles. The number of amides is 2. The second kappa shape index (κ2) is 9.58. The Morgan fingerprint density at radius 1 is 0.939 bits per heavy atom. The van der Waals surface area contributed by atoms with Gasteiger partial charge in [-0.1, -0.05) is 50.6 Å². The molecule has 0 atom stereocenters. The minimum Gasteiger partial charge on any atom is -0.437 e. The van der Waals surface area contributed by atoms with Gasteiger partial charge in [0, 0.05) is 11.3 Å². The van der Waals surface area contributed by atoms with Crippen LogP contribution in [0.2, 0.25) is 5.15 Å². The highest BCUT2D eigenvalue weighted by Crippen LogP contribution is 2.36. The molecule has 0 aliphatic heterocycles. The Hall–Kier alpha value is -3.46. The molecule has 2 N–H and O–H groups in total. The fourth-order valence-corrected chi connectivity index (χ4v) is 3.03. The molecule has 6 nitrogen and oxygen atoms in total. The number of carbonyl (C=O) groups is 1. The van der Waals surface area contributed by atoms with Crippen molar-refractivity contribution in [3.05, 3.63) is 71.4 Å². The van der Waals surface area contributed by atoms with Crippen LogP contribution in [0.3, 0.4) is 0 Å². The standard InChI is InChI=1S/C23H21ClF3N3O3/c1-22(2,3)16-6-4-5-7-18(16)32-20-17(12-13-19(24)30-20)29-21(31)28-14-8-10-15(11-9-14)33-23(25,26)27/h4-13H,1-3H3,(H2,28,29,31). The van der Waals surface area contributed by atoms with Gasteiger partial charge in [0.25, 0.3) is 0 Å². The number of hydrogen-bond donors (Lipinski definition) is 2. The van der Waals surface area contributed by atoms with Gasteiger partial charge in [0.15, 0.2) is 0 Å². The summed E-state index contributed by atoms with van der Waals surface area (Å²) in [6.07, 6.45) is -4.80. The van der Waals surface area contributed by atoms with Crippen molar-refractivity contribution in [3.63, 3.8) is 0 Å². The highest BCUT2D eigenvalue weighted by Gasteiger charge is 2.31. The minimum absolute atomic E-state index is 0.0864. The van der Waals surface area contributed by atoms with Crippen LogP contribution in [0.5, 0.6) is 17.4 Å². The number of benzene rings is 2. The Kier molecular flexibility index (Phi) is 7.02. The van der Waals surface area contributed by atoms with Crippen LogP contribution in [-0.4, -0.2) is 17.4 Å². The maximum atomic E-state index is 12.5. The Morgan fingerprint density at radius 2 is 1.61 bits per heavy atom. The molecule has 174 valence electrons. The van der Waals surface area contributed by atoms with Gasteiger partial charge in [-0.2, -0.15) is 4.98 Å². The van der Waals surface area contributed by atoms with Gasteiger partial charge in [-0.25, -0.2) is 4.79 Å². The molecule has 2 aromatic carbocycles. The van der Waals surface area contributed by atoms with Gasteiger partial charge in [-0.05, 0) is 47.9 Å². The molecule has 0 saturated carbocycles. The topological polar surface area (TPSA) is 72.5 Å². The third-order valence-corrected chi connectivity index (χ3v) is 4.53. The lowest BCUT2D eigenvalue weighted by atomic mass is 9.86. The molecule has 0 spiro atoms. The van der Waals surface area contributed by atoms with Crippen LogP contribution in [0.4, 0.5) is 29.3 Å². The summed E-state index contributed by atoms with van der Waals surface area (Å²) in [7, 11) is 0. The summed E-state index contributed by atoms with van der Waals surface area (Å²) < 4.78 is 46.6. The third kappa shape index (κ3) is 7.01. The van der Waals surface area contributed by atoms with Crippen LogP contribution >= 0.6 is 11.6 Å². The number of rotatable bonds is 5. The molecule has 33 heavy (non-hydrogen) atoms. The number of aromatic nitrogens is 1. The van der Waals surface area contributed by atoms with Crippen molar-refractivity contribution in [2.24, 2.45) is 0 Å². The molecule has 0 fully saturated rings. The quantitative estimate of drug-likeness (QED) is 0.375. The Morgan fingerprint density at radius 3 is 2.24 bits per heavy atom. The third-order valence-electron chi connectivity index (χ3n) is 4.32. The minimum atomic E-state index is -4.80. The SMILES string of the molecule is CC(C)(C)c1ccccc1Oc1nc(Cl)ccc1NC(=O)Nc1ccc(OC(F)(F)F)cc1. The second-order valence-corrected chi connectivity index (χ2v) is 8.37. The molecule has 0 bridgehead atoms. The van der Waals surface area contributed by atoms with E-state index in [0.717, 1.165) is 17.7 Å². The first-order chi connectivity index (χ1) is 15.4. The summed E-state index contributed by atoms with van der Waals surface area (Å²) in [5, 5.41) is 5.30. The van der Waals surface area contributed by atoms with E-state index < -0.39 is 18.1 Å². The predicted octanol–water partition coefficient (Wildman–Crippen LogP) is 7.37. The first kappa shape index (κ1) is 24.2. The van der Waals surface area contributed by atoms with E-state index in [1.165, 1.54) is 24.3 Å². The maximum Gasteiger partial charge on any atom is 0.573 e. The van der Waals surface area contributed by atoms with E-state index in [4.69, 9.17) is 16.3 Å². The van der Waals surface area contributed by atoms with Crippen LogP contribution in [0, 0.1) is 0 Å². The molecule has 0 aliphatic rings. The summed E-state index contributed by atoms with van der Waals surface area (Å²) in [6.45, 7) is 6.12. The summed E-state index contributed by atoms with van der Waals surface area (Å²) >= 11 is 6.03. The van der Waals surface area contributed by atoms with Crippen LogP contribution in [0.25, 0.3) is 0 Å². The van der Waals surface area contributed by atoms with Crippen molar-refractivity contribution in [2.45, 2.75) is 32.5 Å². The van der Waals surface area contributed by atoms with Gasteiger partial charge < -0.3 is 20.1 Å². The lowest BCUT2D eigenvalue weighted by molar-refractivity contribution is -0.274. The number of halogens is 4. The van der Waals surface area contributed by atoms with E-state index in [1.807, 2.05) is 39.0 Å². The molecule has 2 amide bonds. The number of para-hydroxylation sites is 1. The molecule has 1 heterocycles. The molecule has 0 aliphatic carbocycles. The summed E-state index contributed by atoms with van der Waals surface area (Å²) in [6, 6.07) is 14.5. The number of ether oxygens (including phenoxy) is 2. The zero-order valence-corrected chi connectivity index (χ0v) is 18.7. The molecule has 0 radical (unpaired) electrons. The van der Waals surface area contributed by atoms with Gasteiger partial charge in [-0.15, -0.1) is 13.2 Å². The zero-order chi connectivity index (χ0) is 24.2. The molecule has 0 unspecified atom stereocenters. The van der Waals surface area contributed by atoms with Crippen molar-refractivity contribution < 1.29 is 27.4 Å². The predicted molar refractivity (Wildman–Crippen MR) is 120 cm³/mol. The number of carbonyl (C=O) groups excluding carboxylic acids is 1. The van der Waals surface area contributed by atoms with E-state index in [0.29, 0.717) is 5.75 Å². The number of hydrogen-bond acceptors (Lipinski definition) is 4. The van der Waals surface area contributed by atoms with E-state index in [1.54, 1.807) is 6.07 Å².